The van der Waals surface area contributed by atoms with E-state index in [9.17, 15) is 18.0 Å². The van der Waals surface area contributed by atoms with Crippen LogP contribution in [0.15, 0.2) is 67.1 Å². The van der Waals surface area contributed by atoms with E-state index in [4.69, 9.17) is 11.6 Å². The second kappa shape index (κ2) is 10.2. The minimum Gasteiger partial charge on any atom is -0.406 e. The highest BCUT2D eigenvalue weighted by atomic mass is 35.5. The van der Waals surface area contributed by atoms with Gasteiger partial charge in [-0.2, -0.15) is 0 Å². The zero-order chi connectivity index (χ0) is 26.0. The van der Waals surface area contributed by atoms with Crippen molar-refractivity contribution in [2.24, 2.45) is 0 Å². The zero-order valence-electron chi connectivity index (χ0n) is 19.5. The molecule has 0 saturated carbocycles. The summed E-state index contributed by atoms with van der Waals surface area (Å²) in [6, 6.07) is 13.0. The molecule has 1 saturated heterocycles. The number of ether oxygens (including phenoxy) is 1. The van der Waals surface area contributed by atoms with Gasteiger partial charge in [-0.1, -0.05) is 23.7 Å². The number of aromatic nitrogens is 3. The van der Waals surface area contributed by atoms with Gasteiger partial charge in [0.05, 0.1) is 23.5 Å². The third-order valence-electron chi connectivity index (χ3n) is 6.02. The molecule has 1 aliphatic heterocycles. The highest BCUT2D eigenvalue weighted by Crippen LogP contribution is 2.31. The van der Waals surface area contributed by atoms with Crippen LogP contribution in [0, 0.1) is 0 Å². The lowest BCUT2D eigenvalue weighted by Gasteiger charge is -2.36. The van der Waals surface area contributed by atoms with Crippen molar-refractivity contribution in [1.29, 1.82) is 0 Å². The molecule has 0 radical (unpaired) electrons. The molecule has 0 atom stereocenters. The van der Waals surface area contributed by atoms with Gasteiger partial charge in [0.25, 0.3) is 0 Å². The SMILES string of the molecule is O=C(CNc1c(-c2ccc(OC(F)(F)F)cc2)nc2cnccn12)N1CCN(c2ccccc2Cl)CC1. The van der Waals surface area contributed by atoms with Gasteiger partial charge in [-0.05, 0) is 36.4 Å². The molecule has 0 spiro atoms. The molecule has 5 rings (SSSR count). The summed E-state index contributed by atoms with van der Waals surface area (Å²) in [5.74, 6) is 0.120. The molecule has 12 heteroatoms. The molecule has 192 valence electrons. The van der Waals surface area contributed by atoms with Gasteiger partial charge in [0.1, 0.15) is 17.3 Å². The first-order valence-electron chi connectivity index (χ1n) is 11.5. The molecule has 1 aliphatic rings. The Labute approximate surface area is 215 Å². The van der Waals surface area contributed by atoms with Crippen LogP contribution in [-0.4, -0.2) is 64.3 Å². The molecular weight excluding hydrogens is 509 g/mol. The Hall–Kier alpha value is -3.99. The molecule has 1 fully saturated rings. The Balaban J connectivity index is 1.29. The van der Waals surface area contributed by atoms with Crippen LogP contribution in [0.5, 0.6) is 5.75 Å². The Morgan fingerprint density at radius 2 is 1.78 bits per heavy atom. The Bertz CT molecular complexity index is 1400. The lowest BCUT2D eigenvalue weighted by Crippen LogP contribution is -2.50. The molecule has 8 nitrogen and oxygen atoms in total. The monoisotopic (exact) mass is 530 g/mol. The first-order valence-corrected chi connectivity index (χ1v) is 11.9. The molecule has 2 aromatic heterocycles. The highest BCUT2D eigenvalue weighted by molar-refractivity contribution is 6.33. The number of nitrogens with one attached hydrogen (secondary N) is 1. The average molecular weight is 531 g/mol. The number of para-hydroxylation sites is 1. The summed E-state index contributed by atoms with van der Waals surface area (Å²) in [6.07, 6.45) is 0.0651. The second-order valence-corrected chi connectivity index (χ2v) is 8.77. The molecule has 0 aliphatic carbocycles. The topological polar surface area (TPSA) is 75.0 Å². The van der Waals surface area contributed by atoms with Crippen molar-refractivity contribution in [2.45, 2.75) is 6.36 Å². The number of hydrogen-bond acceptors (Lipinski definition) is 6. The maximum absolute atomic E-state index is 13.0. The summed E-state index contributed by atoms with van der Waals surface area (Å²) in [5.41, 5.74) is 2.51. The van der Waals surface area contributed by atoms with Crippen LogP contribution in [0.4, 0.5) is 24.7 Å². The van der Waals surface area contributed by atoms with E-state index in [2.05, 4.69) is 24.9 Å². The minimum atomic E-state index is -4.78. The minimum absolute atomic E-state index is 0.0183. The van der Waals surface area contributed by atoms with Gasteiger partial charge in [-0.15, -0.1) is 13.2 Å². The summed E-state index contributed by atoms with van der Waals surface area (Å²) < 4.78 is 43.3. The number of anilines is 2. The van der Waals surface area contributed by atoms with Gasteiger partial charge in [-0.25, -0.2) is 4.98 Å². The third-order valence-corrected chi connectivity index (χ3v) is 6.34. The van der Waals surface area contributed by atoms with Gasteiger partial charge < -0.3 is 19.9 Å². The van der Waals surface area contributed by atoms with E-state index in [1.165, 1.54) is 24.3 Å². The van der Waals surface area contributed by atoms with E-state index in [-0.39, 0.29) is 18.2 Å². The van der Waals surface area contributed by atoms with Gasteiger partial charge in [0, 0.05) is 44.1 Å². The number of hydrogen-bond donors (Lipinski definition) is 1. The maximum atomic E-state index is 13.0. The van der Waals surface area contributed by atoms with Gasteiger partial charge in [0.2, 0.25) is 5.91 Å². The first kappa shape index (κ1) is 24.7. The number of alkyl halides is 3. The van der Waals surface area contributed by atoms with Crippen LogP contribution in [0.25, 0.3) is 16.9 Å². The van der Waals surface area contributed by atoms with Gasteiger partial charge >= 0.3 is 6.36 Å². The van der Waals surface area contributed by atoms with Crippen LogP contribution in [0.1, 0.15) is 0 Å². The fraction of sp³-hybridized carbons (Fsp3) is 0.240. The highest BCUT2D eigenvalue weighted by Gasteiger charge is 2.31. The number of carbonyl (C=O) groups is 1. The van der Waals surface area contributed by atoms with Crippen LogP contribution in [-0.2, 0) is 4.79 Å². The summed E-state index contributed by atoms with van der Waals surface area (Å²) in [7, 11) is 0. The van der Waals surface area contributed by atoms with Crippen molar-refractivity contribution in [1.82, 2.24) is 19.3 Å². The van der Waals surface area contributed by atoms with Crippen LogP contribution >= 0.6 is 11.6 Å². The van der Waals surface area contributed by atoms with Crippen LogP contribution in [0.2, 0.25) is 5.02 Å². The molecular formula is C25H22ClF3N6O2. The smallest absolute Gasteiger partial charge is 0.406 e. The summed E-state index contributed by atoms with van der Waals surface area (Å²) in [5, 5.41) is 3.85. The molecule has 2 aromatic carbocycles. The number of piperazine rings is 1. The number of amides is 1. The maximum Gasteiger partial charge on any atom is 0.573 e. The molecule has 1 amide bonds. The predicted molar refractivity (Wildman–Crippen MR) is 134 cm³/mol. The number of nitrogens with zero attached hydrogens (tertiary/aromatic N) is 5. The summed E-state index contributed by atoms with van der Waals surface area (Å²) >= 11 is 6.31. The van der Waals surface area contributed by atoms with E-state index in [1.807, 2.05) is 24.3 Å². The van der Waals surface area contributed by atoms with Crippen molar-refractivity contribution in [2.75, 3.05) is 42.9 Å². The van der Waals surface area contributed by atoms with Gasteiger partial charge in [-0.3, -0.25) is 14.2 Å². The van der Waals surface area contributed by atoms with Crippen molar-refractivity contribution in [3.8, 4) is 17.0 Å². The lowest BCUT2D eigenvalue weighted by atomic mass is 10.1. The van der Waals surface area contributed by atoms with Crippen molar-refractivity contribution in [3.63, 3.8) is 0 Å². The Morgan fingerprint density at radius 3 is 2.49 bits per heavy atom. The van der Waals surface area contributed by atoms with Crippen LogP contribution < -0.4 is 15.0 Å². The first-order chi connectivity index (χ1) is 17.8. The molecule has 0 unspecified atom stereocenters. The summed E-state index contributed by atoms with van der Waals surface area (Å²) in [6.45, 7) is 2.44. The number of benzene rings is 2. The largest absolute Gasteiger partial charge is 0.573 e. The summed E-state index contributed by atoms with van der Waals surface area (Å²) in [4.78, 5) is 25.6. The standard InChI is InChI=1S/C25H22ClF3N6O2/c26-19-3-1-2-4-20(19)33-11-13-34(14-12-33)22(36)16-31-24-23(32-21-15-30-9-10-35(21)24)17-5-7-18(8-6-17)37-25(27,28)29/h1-10,15,31H,11-14,16H2. The molecule has 4 aromatic rings. The zero-order valence-corrected chi connectivity index (χ0v) is 20.2. The van der Waals surface area contributed by atoms with E-state index in [1.54, 1.807) is 27.9 Å². The lowest BCUT2D eigenvalue weighted by molar-refractivity contribution is -0.274. The molecule has 3 heterocycles. The van der Waals surface area contributed by atoms with E-state index in [0.717, 1.165) is 5.69 Å². The molecule has 1 N–H and O–H groups in total. The quantitative estimate of drug-likeness (QED) is 0.389. The Morgan fingerprint density at radius 1 is 1.05 bits per heavy atom. The molecule has 0 bridgehead atoms. The number of imidazole rings is 1. The number of fused-ring (bicyclic) bond motifs is 1. The van der Waals surface area contributed by atoms with Crippen molar-refractivity contribution in [3.05, 3.63) is 72.1 Å². The molecule has 37 heavy (non-hydrogen) atoms. The van der Waals surface area contributed by atoms with E-state index in [0.29, 0.717) is 53.9 Å². The second-order valence-electron chi connectivity index (χ2n) is 8.36. The average Bonchev–Trinajstić information content (AvgIpc) is 3.26. The number of rotatable bonds is 6. The Kier molecular flexibility index (Phi) is 6.79. The third kappa shape index (κ3) is 5.56. The van der Waals surface area contributed by atoms with Crippen LogP contribution in [0.3, 0.4) is 0 Å². The van der Waals surface area contributed by atoms with E-state index < -0.39 is 6.36 Å². The normalized spacial score (nSPS) is 14.2. The van der Waals surface area contributed by atoms with Crippen molar-refractivity contribution < 1.29 is 22.7 Å². The van der Waals surface area contributed by atoms with Crippen molar-refractivity contribution >= 4 is 34.7 Å². The van der Waals surface area contributed by atoms with E-state index >= 15 is 0 Å². The predicted octanol–water partition coefficient (Wildman–Crippen LogP) is 4.71. The van der Waals surface area contributed by atoms with Gasteiger partial charge in [0.15, 0.2) is 5.65 Å². The number of carbonyl (C=O) groups excluding carboxylic acids is 1. The fourth-order valence-corrected chi connectivity index (χ4v) is 4.52. The number of halogens is 4. The fourth-order valence-electron chi connectivity index (χ4n) is 4.27.